The van der Waals surface area contributed by atoms with Crippen molar-refractivity contribution < 1.29 is 24.2 Å². The van der Waals surface area contributed by atoms with Gasteiger partial charge in [-0.2, -0.15) is 5.10 Å². The molecular weight excluding hydrogens is 396 g/mol. The highest BCUT2D eigenvalue weighted by Gasteiger charge is 2.39. The van der Waals surface area contributed by atoms with Crippen LogP contribution in [0.2, 0.25) is 0 Å². The molecule has 0 aliphatic rings. The molecule has 0 saturated carbocycles. The van der Waals surface area contributed by atoms with E-state index in [4.69, 9.17) is 4.74 Å². The summed E-state index contributed by atoms with van der Waals surface area (Å²) in [6, 6.07) is 24.1. The van der Waals surface area contributed by atoms with Gasteiger partial charge in [-0.1, -0.05) is 60.7 Å². The summed E-state index contributed by atoms with van der Waals surface area (Å²) < 4.78 is 9.79. The topological polar surface area (TPSA) is 97.2 Å². The molecule has 0 bridgehead atoms. The minimum atomic E-state index is -1.90. The molecule has 0 aliphatic carbocycles. The molecule has 3 rings (SSSR count). The molecule has 3 aromatic rings. The molecule has 2 N–H and O–H groups in total. The molecule has 0 saturated heterocycles. The van der Waals surface area contributed by atoms with Gasteiger partial charge in [-0.15, -0.1) is 0 Å². The molecule has 0 fully saturated rings. The normalized spacial score (nSPS) is 11.2. The Kier molecular flexibility index (Phi) is 7.13. The summed E-state index contributed by atoms with van der Waals surface area (Å²) in [6.07, 6.45) is 1.44. The van der Waals surface area contributed by atoms with E-state index in [9.17, 15) is 14.7 Å². The van der Waals surface area contributed by atoms with Gasteiger partial charge in [-0.25, -0.2) is 10.2 Å². The van der Waals surface area contributed by atoms with Crippen LogP contribution in [0.1, 0.15) is 16.7 Å². The summed E-state index contributed by atoms with van der Waals surface area (Å²) in [5.74, 6) is -0.661. The fourth-order valence-electron chi connectivity index (χ4n) is 2.89. The van der Waals surface area contributed by atoms with Gasteiger partial charge in [-0.05, 0) is 41.0 Å². The Morgan fingerprint density at radius 3 is 2.00 bits per heavy atom. The fourth-order valence-corrected chi connectivity index (χ4v) is 2.89. The Labute approximate surface area is 179 Å². The quantitative estimate of drug-likeness (QED) is 0.333. The zero-order valence-electron chi connectivity index (χ0n) is 16.9. The standard InChI is InChI=1S/C24H22N2O5/c1-30-22(27)17-31-21-14-12-18(13-15-21)16-25-26-23(28)24(29,19-8-4-2-5-9-19)20-10-6-3-7-11-20/h2-16,29H,17H2,1H3,(H,26,28)/b25-16+. The number of hydrazone groups is 1. The lowest BCUT2D eigenvalue weighted by atomic mass is 9.85. The molecule has 0 spiro atoms. The van der Waals surface area contributed by atoms with Gasteiger partial charge in [0.2, 0.25) is 0 Å². The van der Waals surface area contributed by atoms with E-state index < -0.39 is 17.5 Å². The molecule has 31 heavy (non-hydrogen) atoms. The predicted molar refractivity (Wildman–Crippen MR) is 116 cm³/mol. The number of hydrogen-bond donors (Lipinski definition) is 2. The number of ether oxygens (including phenoxy) is 2. The van der Waals surface area contributed by atoms with Crippen LogP contribution >= 0.6 is 0 Å². The smallest absolute Gasteiger partial charge is 0.343 e. The maximum Gasteiger partial charge on any atom is 0.343 e. The molecule has 0 aromatic heterocycles. The SMILES string of the molecule is COC(=O)COc1ccc(/C=N/NC(=O)C(O)(c2ccccc2)c2ccccc2)cc1. The van der Waals surface area contributed by atoms with E-state index >= 15 is 0 Å². The van der Waals surface area contributed by atoms with Gasteiger partial charge in [0.05, 0.1) is 13.3 Å². The Bertz CT molecular complexity index is 995. The molecule has 3 aromatic carbocycles. The third kappa shape index (κ3) is 5.34. The van der Waals surface area contributed by atoms with E-state index in [1.807, 2.05) is 12.1 Å². The molecule has 0 atom stereocenters. The van der Waals surface area contributed by atoms with Crippen molar-refractivity contribution in [2.24, 2.45) is 5.10 Å². The molecule has 0 radical (unpaired) electrons. The van der Waals surface area contributed by atoms with Gasteiger partial charge in [-0.3, -0.25) is 4.79 Å². The van der Waals surface area contributed by atoms with Gasteiger partial charge in [0.1, 0.15) is 5.75 Å². The van der Waals surface area contributed by atoms with Crippen molar-refractivity contribution in [3.05, 3.63) is 102 Å². The number of methoxy groups -OCH3 is 1. The van der Waals surface area contributed by atoms with Crippen LogP contribution in [-0.4, -0.2) is 36.9 Å². The number of aliphatic hydroxyl groups is 1. The Morgan fingerprint density at radius 1 is 0.935 bits per heavy atom. The first kappa shape index (κ1) is 21.7. The fraction of sp³-hybridized carbons (Fsp3) is 0.125. The summed E-state index contributed by atoms with van der Waals surface area (Å²) in [7, 11) is 1.29. The molecule has 7 heteroatoms. The number of benzene rings is 3. The average Bonchev–Trinajstić information content (AvgIpc) is 2.83. The second-order valence-corrected chi connectivity index (χ2v) is 6.58. The van der Waals surface area contributed by atoms with Crippen LogP contribution in [0.4, 0.5) is 0 Å². The lowest BCUT2D eigenvalue weighted by molar-refractivity contribution is -0.143. The number of carbonyl (C=O) groups is 2. The summed E-state index contributed by atoms with van der Waals surface area (Å²) in [5, 5.41) is 15.3. The van der Waals surface area contributed by atoms with E-state index in [1.165, 1.54) is 13.3 Å². The van der Waals surface area contributed by atoms with E-state index in [-0.39, 0.29) is 6.61 Å². The highest BCUT2D eigenvalue weighted by atomic mass is 16.6. The number of carbonyl (C=O) groups excluding carboxylic acids is 2. The molecule has 0 aliphatic heterocycles. The second kappa shape index (κ2) is 10.2. The van der Waals surface area contributed by atoms with Gasteiger partial charge in [0, 0.05) is 0 Å². The first-order chi connectivity index (χ1) is 15.0. The summed E-state index contributed by atoms with van der Waals surface area (Å²) in [5.41, 5.74) is 2.07. The predicted octanol–water partition coefficient (Wildman–Crippen LogP) is 2.62. The Morgan fingerprint density at radius 2 is 1.48 bits per heavy atom. The average molecular weight is 418 g/mol. The number of nitrogens with one attached hydrogen (secondary N) is 1. The number of hydrogen-bond acceptors (Lipinski definition) is 6. The number of esters is 1. The van der Waals surface area contributed by atoms with Crippen LogP contribution < -0.4 is 10.2 Å². The Hall–Kier alpha value is -3.97. The van der Waals surface area contributed by atoms with Crippen molar-refractivity contribution in [3.63, 3.8) is 0 Å². The molecule has 0 unspecified atom stereocenters. The third-order valence-corrected chi connectivity index (χ3v) is 4.56. The first-order valence-electron chi connectivity index (χ1n) is 9.50. The van der Waals surface area contributed by atoms with E-state index in [1.54, 1.807) is 72.8 Å². The summed E-state index contributed by atoms with van der Waals surface area (Å²) in [6.45, 7) is -0.183. The maximum absolute atomic E-state index is 12.9. The summed E-state index contributed by atoms with van der Waals surface area (Å²) >= 11 is 0. The monoisotopic (exact) mass is 418 g/mol. The van der Waals surface area contributed by atoms with Gasteiger partial charge < -0.3 is 14.6 Å². The Balaban J connectivity index is 1.71. The molecule has 158 valence electrons. The van der Waals surface area contributed by atoms with Gasteiger partial charge in [0.15, 0.2) is 12.2 Å². The second-order valence-electron chi connectivity index (χ2n) is 6.58. The molecule has 7 nitrogen and oxygen atoms in total. The lowest BCUT2D eigenvalue weighted by Gasteiger charge is -2.27. The van der Waals surface area contributed by atoms with Crippen LogP contribution in [0.15, 0.2) is 90.0 Å². The van der Waals surface area contributed by atoms with E-state index in [0.29, 0.717) is 22.4 Å². The van der Waals surface area contributed by atoms with Crippen molar-refractivity contribution in [1.29, 1.82) is 0 Å². The van der Waals surface area contributed by atoms with Crippen molar-refractivity contribution in [1.82, 2.24) is 5.43 Å². The first-order valence-corrected chi connectivity index (χ1v) is 9.50. The number of nitrogens with zero attached hydrogens (tertiary/aromatic N) is 1. The molecule has 0 heterocycles. The van der Waals surface area contributed by atoms with Gasteiger partial charge in [0.25, 0.3) is 5.91 Å². The highest BCUT2D eigenvalue weighted by molar-refractivity contribution is 5.91. The number of rotatable bonds is 8. The number of amides is 1. The molecular formula is C24H22N2O5. The zero-order chi connectivity index (χ0) is 22.1. The van der Waals surface area contributed by atoms with Crippen molar-refractivity contribution in [2.75, 3.05) is 13.7 Å². The molecule has 1 amide bonds. The van der Waals surface area contributed by atoms with Crippen LogP contribution in [-0.2, 0) is 19.9 Å². The van der Waals surface area contributed by atoms with Crippen molar-refractivity contribution in [2.45, 2.75) is 5.60 Å². The third-order valence-electron chi connectivity index (χ3n) is 4.56. The van der Waals surface area contributed by atoms with Crippen LogP contribution in [0.25, 0.3) is 0 Å². The zero-order valence-corrected chi connectivity index (χ0v) is 16.9. The van der Waals surface area contributed by atoms with Crippen LogP contribution in [0, 0.1) is 0 Å². The van der Waals surface area contributed by atoms with Crippen molar-refractivity contribution >= 4 is 18.1 Å². The minimum absolute atomic E-state index is 0.183. The minimum Gasteiger partial charge on any atom is -0.482 e. The van der Waals surface area contributed by atoms with E-state index in [0.717, 1.165) is 0 Å². The van der Waals surface area contributed by atoms with Gasteiger partial charge >= 0.3 is 5.97 Å². The maximum atomic E-state index is 12.9. The lowest BCUT2D eigenvalue weighted by Crippen LogP contribution is -2.43. The highest BCUT2D eigenvalue weighted by Crippen LogP contribution is 2.29. The van der Waals surface area contributed by atoms with Crippen LogP contribution in [0.3, 0.4) is 0 Å². The largest absolute Gasteiger partial charge is 0.482 e. The van der Waals surface area contributed by atoms with Crippen molar-refractivity contribution in [3.8, 4) is 5.75 Å². The summed E-state index contributed by atoms with van der Waals surface area (Å²) in [4.78, 5) is 24.1. The van der Waals surface area contributed by atoms with E-state index in [2.05, 4.69) is 15.3 Å². The van der Waals surface area contributed by atoms with Crippen LogP contribution in [0.5, 0.6) is 5.75 Å².